The van der Waals surface area contributed by atoms with Crippen LogP contribution in [0.1, 0.15) is 36.5 Å². The summed E-state index contributed by atoms with van der Waals surface area (Å²) in [6, 6.07) is 3.85. The number of hydrogen-bond donors (Lipinski definition) is 2. The standard InChI is InChI=1S/C13H17BFNO3/c1-9-4-2-3-7-16(9)13(17)10-5-6-12(15)11(8-10)14(18)19/h5-6,8-9,18-19H,2-4,7H2,1H3. The summed E-state index contributed by atoms with van der Waals surface area (Å²) in [4.78, 5) is 14.1. The quantitative estimate of drug-likeness (QED) is 0.766. The van der Waals surface area contributed by atoms with Gasteiger partial charge < -0.3 is 14.9 Å². The van der Waals surface area contributed by atoms with Crippen LogP contribution in [0, 0.1) is 5.82 Å². The molecule has 0 spiro atoms. The van der Waals surface area contributed by atoms with Crippen LogP contribution in [0.2, 0.25) is 0 Å². The monoisotopic (exact) mass is 265 g/mol. The SMILES string of the molecule is CC1CCCCN1C(=O)c1ccc(F)c(B(O)O)c1. The van der Waals surface area contributed by atoms with Gasteiger partial charge in [0, 0.05) is 23.6 Å². The Hall–Kier alpha value is -1.40. The van der Waals surface area contributed by atoms with Crippen LogP contribution < -0.4 is 5.46 Å². The lowest BCUT2D eigenvalue weighted by Crippen LogP contribution is -2.42. The molecule has 1 atom stereocenters. The highest BCUT2D eigenvalue weighted by molar-refractivity contribution is 6.58. The molecule has 1 aliphatic rings. The molecular weight excluding hydrogens is 248 g/mol. The van der Waals surface area contributed by atoms with Crippen molar-refractivity contribution in [3.05, 3.63) is 29.6 Å². The normalized spacial score (nSPS) is 19.4. The van der Waals surface area contributed by atoms with Crippen LogP contribution in [0.25, 0.3) is 0 Å². The number of benzene rings is 1. The number of rotatable bonds is 2. The van der Waals surface area contributed by atoms with Gasteiger partial charge >= 0.3 is 7.12 Å². The predicted octanol–water partition coefficient (Wildman–Crippen LogP) is 0.520. The van der Waals surface area contributed by atoms with Crippen LogP contribution in [0.4, 0.5) is 4.39 Å². The molecule has 2 rings (SSSR count). The van der Waals surface area contributed by atoms with E-state index in [2.05, 4.69) is 0 Å². The number of hydrogen-bond acceptors (Lipinski definition) is 3. The largest absolute Gasteiger partial charge is 0.491 e. The molecule has 4 nitrogen and oxygen atoms in total. The second kappa shape index (κ2) is 5.71. The van der Waals surface area contributed by atoms with E-state index in [0.29, 0.717) is 12.1 Å². The van der Waals surface area contributed by atoms with Crippen molar-refractivity contribution >= 4 is 18.5 Å². The van der Waals surface area contributed by atoms with Crippen molar-refractivity contribution in [1.82, 2.24) is 4.90 Å². The third kappa shape index (κ3) is 2.96. The lowest BCUT2D eigenvalue weighted by atomic mass is 9.79. The smallest absolute Gasteiger partial charge is 0.423 e. The molecule has 0 radical (unpaired) electrons. The number of halogens is 1. The zero-order valence-corrected chi connectivity index (χ0v) is 10.8. The first-order chi connectivity index (χ1) is 9.00. The maximum absolute atomic E-state index is 13.4. The zero-order chi connectivity index (χ0) is 14.0. The molecule has 0 aromatic heterocycles. The molecule has 1 aromatic carbocycles. The fourth-order valence-corrected chi connectivity index (χ4v) is 2.44. The van der Waals surface area contributed by atoms with Gasteiger partial charge in [-0.1, -0.05) is 0 Å². The molecule has 1 fully saturated rings. The first kappa shape index (κ1) is 14.0. The molecule has 6 heteroatoms. The minimum atomic E-state index is -1.91. The third-order valence-electron chi connectivity index (χ3n) is 3.58. The molecular formula is C13H17BFNO3. The summed E-state index contributed by atoms with van der Waals surface area (Å²) in [5, 5.41) is 18.1. The van der Waals surface area contributed by atoms with E-state index >= 15 is 0 Å². The second-order valence-electron chi connectivity index (χ2n) is 4.95. The van der Waals surface area contributed by atoms with Gasteiger partial charge in [-0.05, 0) is 44.4 Å². The van der Waals surface area contributed by atoms with Gasteiger partial charge in [0.2, 0.25) is 0 Å². The highest BCUT2D eigenvalue weighted by atomic mass is 19.1. The van der Waals surface area contributed by atoms with Crippen molar-refractivity contribution in [2.24, 2.45) is 0 Å². The van der Waals surface area contributed by atoms with Gasteiger partial charge in [0.1, 0.15) is 5.82 Å². The summed E-state index contributed by atoms with van der Waals surface area (Å²) >= 11 is 0. The average molecular weight is 265 g/mol. The third-order valence-corrected chi connectivity index (χ3v) is 3.58. The van der Waals surface area contributed by atoms with Crippen LogP contribution in [0.3, 0.4) is 0 Å². The van der Waals surface area contributed by atoms with Gasteiger partial charge in [-0.3, -0.25) is 4.79 Å². The van der Waals surface area contributed by atoms with E-state index in [1.54, 1.807) is 4.90 Å². The molecule has 1 saturated heterocycles. The molecule has 0 saturated carbocycles. The summed E-state index contributed by atoms with van der Waals surface area (Å²) in [6.07, 6.45) is 3.03. The number of nitrogens with zero attached hydrogens (tertiary/aromatic N) is 1. The van der Waals surface area contributed by atoms with Gasteiger partial charge in [0.25, 0.3) is 5.91 Å². The lowest BCUT2D eigenvalue weighted by Gasteiger charge is -2.33. The van der Waals surface area contributed by atoms with E-state index < -0.39 is 12.9 Å². The fraction of sp³-hybridized carbons (Fsp3) is 0.462. The molecule has 1 unspecified atom stereocenters. The minimum Gasteiger partial charge on any atom is -0.423 e. The first-order valence-corrected chi connectivity index (χ1v) is 6.47. The number of likely N-dealkylation sites (tertiary alicyclic amines) is 1. The Morgan fingerprint density at radius 1 is 1.42 bits per heavy atom. The van der Waals surface area contributed by atoms with E-state index in [4.69, 9.17) is 10.0 Å². The topological polar surface area (TPSA) is 60.8 Å². The maximum Gasteiger partial charge on any atom is 0.491 e. The highest BCUT2D eigenvalue weighted by Gasteiger charge is 2.26. The highest BCUT2D eigenvalue weighted by Crippen LogP contribution is 2.19. The number of carbonyl (C=O) groups excluding carboxylic acids is 1. The molecule has 0 aliphatic carbocycles. The first-order valence-electron chi connectivity index (χ1n) is 6.47. The van der Waals surface area contributed by atoms with Crippen molar-refractivity contribution in [2.75, 3.05) is 6.54 Å². The number of amides is 1. The van der Waals surface area contributed by atoms with E-state index in [1.807, 2.05) is 6.92 Å². The summed E-state index contributed by atoms with van der Waals surface area (Å²) in [6.45, 7) is 2.68. The summed E-state index contributed by atoms with van der Waals surface area (Å²) in [5.74, 6) is -0.910. The van der Waals surface area contributed by atoms with E-state index in [-0.39, 0.29) is 17.4 Å². The van der Waals surface area contributed by atoms with Crippen molar-refractivity contribution in [3.8, 4) is 0 Å². The van der Waals surface area contributed by atoms with E-state index in [1.165, 1.54) is 12.1 Å². The van der Waals surface area contributed by atoms with E-state index in [9.17, 15) is 9.18 Å². The molecule has 1 amide bonds. The summed E-state index contributed by atoms with van der Waals surface area (Å²) < 4.78 is 13.4. The number of piperidine rings is 1. The van der Waals surface area contributed by atoms with Crippen molar-refractivity contribution in [3.63, 3.8) is 0 Å². The molecule has 0 bridgehead atoms. The average Bonchev–Trinajstić information content (AvgIpc) is 2.38. The Bertz CT molecular complexity index is 481. The Morgan fingerprint density at radius 2 is 2.16 bits per heavy atom. The minimum absolute atomic E-state index is 0.161. The molecule has 1 heterocycles. The van der Waals surface area contributed by atoms with Crippen LogP contribution in [0.5, 0.6) is 0 Å². The molecule has 2 N–H and O–H groups in total. The van der Waals surface area contributed by atoms with Gasteiger partial charge in [0.05, 0.1) is 0 Å². The van der Waals surface area contributed by atoms with Crippen LogP contribution in [-0.4, -0.2) is 40.6 Å². The Morgan fingerprint density at radius 3 is 2.79 bits per heavy atom. The number of carbonyl (C=O) groups is 1. The molecule has 1 aliphatic heterocycles. The van der Waals surface area contributed by atoms with Crippen LogP contribution in [0.15, 0.2) is 18.2 Å². The summed E-state index contributed by atoms with van der Waals surface area (Å²) in [5.41, 5.74) is 0.0220. The summed E-state index contributed by atoms with van der Waals surface area (Å²) in [7, 11) is -1.91. The van der Waals surface area contributed by atoms with Crippen molar-refractivity contribution < 1.29 is 19.2 Å². The zero-order valence-electron chi connectivity index (χ0n) is 10.8. The van der Waals surface area contributed by atoms with Gasteiger partial charge in [-0.25, -0.2) is 4.39 Å². The Labute approximate surface area is 112 Å². The maximum atomic E-state index is 13.4. The van der Waals surface area contributed by atoms with Crippen LogP contribution in [-0.2, 0) is 0 Å². The van der Waals surface area contributed by atoms with Gasteiger partial charge in [-0.2, -0.15) is 0 Å². The van der Waals surface area contributed by atoms with Crippen LogP contribution >= 0.6 is 0 Å². The van der Waals surface area contributed by atoms with Crippen molar-refractivity contribution in [2.45, 2.75) is 32.2 Å². The van der Waals surface area contributed by atoms with Gasteiger partial charge in [-0.15, -0.1) is 0 Å². The molecule has 1 aromatic rings. The Kier molecular flexibility index (Phi) is 4.22. The fourth-order valence-electron chi connectivity index (χ4n) is 2.44. The molecule has 102 valence electrons. The molecule has 19 heavy (non-hydrogen) atoms. The lowest BCUT2D eigenvalue weighted by molar-refractivity contribution is 0.0635. The van der Waals surface area contributed by atoms with E-state index in [0.717, 1.165) is 25.3 Å². The van der Waals surface area contributed by atoms with Crippen molar-refractivity contribution in [1.29, 1.82) is 0 Å². The predicted molar refractivity (Wildman–Crippen MR) is 70.6 cm³/mol. The Balaban J connectivity index is 2.26. The second-order valence-corrected chi connectivity index (χ2v) is 4.95. The van der Waals surface area contributed by atoms with Gasteiger partial charge in [0.15, 0.2) is 0 Å².